The zero-order chi connectivity index (χ0) is 16.9. The van der Waals surface area contributed by atoms with Crippen molar-refractivity contribution in [3.05, 3.63) is 64.1 Å². The quantitative estimate of drug-likeness (QED) is 0.790. The topological polar surface area (TPSA) is 18.5 Å². The molecule has 3 rings (SSSR count). The Morgan fingerprint density at radius 3 is 2.29 bits per heavy atom. The molecule has 126 valence electrons. The van der Waals surface area contributed by atoms with Gasteiger partial charge >= 0.3 is 0 Å². The van der Waals surface area contributed by atoms with Gasteiger partial charge in [-0.1, -0.05) is 47.5 Å². The summed E-state index contributed by atoms with van der Waals surface area (Å²) in [4.78, 5) is 4.62. The molecule has 1 fully saturated rings. The zero-order valence-electron chi connectivity index (χ0n) is 13.2. The minimum absolute atomic E-state index is 0.682. The second kappa shape index (κ2) is 8.17. The molecule has 2 aromatic rings. The van der Waals surface area contributed by atoms with Crippen LogP contribution >= 0.6 is 35.4 Å². The first-order chi connectivity index (χ1) is 11.6. The summed E-state index contributed by atoms with van der Waals surface area (Å²) in [7, 11) is 0. The van der Waals surface area contributed by atoms with Crippen LogP contribution in [0.2, 0.25) is 10.0 Å². The third-order valence-electron chi connectivity index (χ3n) is 4.09. The first kappa shape index (κ1) is 17.5. The van der Waals surface area contributed by atoms with Crippen molar-refractivity contribution in [2.45, 2.75) is 6.54 Å². The third kappa shape index (κ3) is 4.61. The van der Waals surface area contributed by atoms with Crippen molar-refractivity contribution in [1.29, 1.82) is 0 Å². The summed E-state index contributed by atoms with van der Waals surface area (Å²) < 4.78 is 0. The van der Waals surface area contributed by atoms with Gasteiger partial charge in [-0.25, -0.2) is 0 Å². The minimum atomic E-state index is 0.682. The van der Waals surface area contributed by atoms with E-state index in [4.69, 9.17) is 35.4 Å². The Morgan fingerprint density at radius 2 is 1.62 bits per heavy atom. The van der Waals surface area contributed by atoms with Crippen LogP contribution in [-0.4, -0.2) is 41.1 Å². The number of thiocarbonyl (C=S) groups is 1. The SMILES string of the molecule is S=C(Nc1ccccc1Cl)N1CCN(Cc2ccc(Cl)cc2)CC1. The molecule has 0 amide bonds. The van der Waals surface area contributed by atoms with Crippen molar-refractivity contribution in [2.24, 2.45) is 0 Å². The van der Waals surface area contributed by atoms with Gasteiger partial charge in [0.2, 0.25) is 0 Å². The zero-order valence-corrected chi connectivity index (χ0v) is 15.5. The Labute approximate surface area is 158 Å². The van der Waals surface area contributed by atoms with Crippen molar-refractivity contribution in [2.75, 3.05) is 31.5 Å². The van der Waals surface area contributed by atoms with E-state index in [1.165, 1.54) is 5.56 Å². The van der Waals surface area contributed by atoms with Gasteiger partial charge in [0, 0.05) is 37.7 Å². The molecule has 1 aliphatic rings. The Bertz CT molecular complexity index is 698. The van der Waals surface area contributed by atoms with Gasteiger partial charge in [0.1, 0.15) is 0 Å². The normalized spacial score (nSPS) is 15.3. The summed E-state index contributed by atoms with van der Waals surface area (Å²) in [6, 6.07) is 15.7. The van der Waals surface area contributed by atoms with Crippen LogP contribution in [0.5, 0.6) is 0 Å². The molecule has 0 atom stereocenters. The minimum Gasteiger partial charge on any atom is -0.346 e. The van der Waals surface area contributed by atoms with Crippen LogP contribution in [-0.2, 0) is 6.54 Å². The number of halogens is 2. The van der Waals surface area contributed by atoms with Gasteiger partial charge in [0.05, 0.1) is 10.7 Å². The molecule has 0 aliphatic carbocycles. The average Bonchev–Trinajstić information content (AvgIpc) is 2.59. The van der Waals surface area contributed by atoms with Crippen molar-refractivity contribution < 1.29 is 0 Å². The summed E-state index contributed by atoms with van der Waals surface area (Å²) in [6.45, 7) is 4.71. The maximum atomic E-state index is 6.17. The number of hydrogen-bond donors (Lipinski definition) is 1. The average molecular weight is 380 g/mol. The molecule has 1 heterocycles. The highest BCUT2D eigenvalue weighted by Gasteiger charge is 2.19. The van der Waals surface area contributed by atoms with Crippen molar-refractivity contribution in [3.8, 4) is 0 Å². The lowest BCUT2D eigenvalue weighted by atomic mass is 10.2. The fourth-order valence-corrected chi connectivity index (χ4v) is 3.32. The molecule has 0 radical (unpaired) electrons. The third-order valence-corrected chi connectivity index (χ3v) is 5.04. The molecule has 0 aromatic heterocycles. The highest BCUT2D eigenvalue weighted by molar-refractivity contribution is 7.80. The van der Waals surface area contributed by atoms with Crippen molar-refractivity contribution in [3.63, 3.8) is 0 Å². The first-order valence-corrected chi connectivity index (χ1v) is 9.05. The standard InChI is InChI=1S/C18H19Cl2N3S/c19-15-7-5-14(6-8-15)13-22-9-11-23(12-10-22)18(24)21-17-4-2-1-3-16(17)20/h1-8H,9-13H2,(H,21,24). The van der Waals surface area contributed by atoms with Crippen LogP contribution in [0.1, 0.15) is 5.56 Å². The molecular formula is C18H19Cl2N3S. The Balaban J connectivity index is 1.50. The van der Waals surface area contributed by atoms with E-state index >= 15 is 0 Å². The van der Waals surface area contributed by atoms with Gasteiger partial charge in [-0.15, -0.1) is 0 Å². The van der Waals surface area contributed by atoms with E-state index in [-0.39, 0.29) is 0 Å². The lowest BCUT2D eigenvalue weighted by molar-refractivity contribution is 0.177. The van der Waals surface area contributed by atoms with E-state index in [0.29, 0.717) is 5.02 Å². The first-order valence-electron chi connectivity index (χ1n) is 7.89. The predicted octanol–water partition coefficient (Wildman–Crippen LogP) is 4.51. The molecule has 3 nitrogen and oxygen atoms in total. The van der Waals surface area contributed by atoms with Gasteiger partial charge in [0.25, 0.3) is 0 Å². The highest BCUT2D eigenvalue weighted by atomic mass is 35.5. The number of para-hydroxylation sites is 1. The number of rotatable bonds is 3. The Kier molecular flexibility index (Phi) is 5.95. The maximum absolute atomic E-state index is 6.17. The second-order valence-electron chi connectivity index (χ2n) is 5.80. The monoisotopic (exact) mass is 379 g/mol. The summed E-state index contributed by atoms with van der Waals surface area (Å²) in [5.41, 5.74) is 2.14. The summed E-state index contributed by atoms with van der Waals surface area (Å²) in [5, 5.41) is 5.43. The maximum Gasteiger partial charge on any atom is 0.173 e. The fraction of sp³-hybridized carbons (Fsp3) is 0.278. The fourth-order valence-electron chi connectivity index (χ4n) is 2.71. The number of anilines is 1. The molecule has 0 spiro atoms. The van der Waals surface area contributed by atoms with Gasteiger partial charge in [-0.05, 0) is 42.0 Å². The van der Waals surface area contributed by atoms with Crippen molar-refractivity contribution in [1.82, 2.24) is 9.80 Å². The van der Waals surface area contributed by atoms with E-state index < -0.39 is 0 Å². The molecule has 1 N–H and O–H groups in total. The van der Waals surface area contributed by atoms with Crippen LogP contribution < -0.4 is 5.32 Å². The molecule has 0 bridgehead atoms. The van der Waals surface area contributed by atoms with Crippen LogP contribution in [0, 0.1) is 0 Å². The highest BCUT2D eigenvalue weighted by Crippen LogP contribution is 2.21. The Morgan fingerprint density at radius 1 is 0.958 bits per heavy atom. The van der Waals surface area contributed by atoms with E-state index in [2.05, 4.69) is 27.2 Å². The van der Waals surface area contributed by atoms with E-state index in [1.54, 1.807) is 0 Å². The number of benzene rings is 2. The summed E-state index contributed by atoms with van der Waals surface area (Å²) in [6.07, 6.45) is 0. The van der Waals surface area contributed by atoms with Crippen LogP contribution in [0.25, 0.3) is 0 Å². The lowest BCUT2D eigenvalue weighted by Crippen LogP contribution is -2.49. The van der Waals surface area contributed by atoms with Crippen LogP contribution in [0.3, 0.4) is 0 Å². The molecule has 24 heavy (non-hydrogen) atoms. The molecule has 1 aliphatic heterocycles. The second-order valence-corrected chi connectivity index (χ2v) is 7.03. The van der Waals surface area contributed by atoms with Gasteiger partial charge < -0.3 is 10.2 Å². The smallest absolute Gasteiger partial charge is 0.173 e. The van der Waals surface area contributed by atoms with Gasteiger partial charge in [-0.2, -0.15) is 0 Å². The largest absolute Gasteiger partial charge is 0.346 e. The number of nitrogens with one attached hydrogen (secondary N) is 1. The molecule has 6 heteroatoms. The van der Waals surface area contributed by atoms with Gasteiger partial charge in [0.15, 0.2) is 5.11 Å². The number of hydrogen-bond acceptors (Lipinski definition) is 2. The number of piperazine rings is 1. The van der Waals surface area contributed by atoms with E-state index in [1.807, 2.05) is 36.4 Å². The summed E-state index contributed by atoms with van der Waals surface area (Å²) in [5.74, 6) is 0. The van der Waals surface area contributed by atoms with Crippen LogP contribution in [0.15, 0.2) is 48.5 Å². The van der Waals surface area contributed by atoms with Crippen molar-refractivity contribution >= 4 is 46.2 Å². The molecule has 0 unspecified atom stereocenters. The number of nitrogens with zero attached hydrogens (tertiary/aromatic N) is 2. The molecule has 1 saturated heterocycles. The molecular weight excluding hydrogens is 361 g/mol. The lowest BCUT2D eigenvalue weighted by Gasteiger charge is -2.36. The van der Waals surface area contributed by atoms with Gasteiger partial charge in [-0.3, -0.25) is 4.90 Å². The van der Waals surface area contributed by atoms with E-state index in [9.17, 15) is 0 Å². The Hall–Kier alpha value is -1.33. The molecule has 0 saturated carbocycles. The predicted molar refractivity (Wildman–Crippen MR) is 106 cm³/mol. The summed E-state index contributed by atoms with van der Waals surface area (Å²) >= 11 is 17.6. The van der Waals surface area contributed by atoms with Crippen LogP contribution in [0.4, 0.5) is 5.69 Å². The van der Waals surface area contributed by atoms with E-state index in [0.717, 1.165) is 48.5 Å². The molecule has 2 aromatic carbocycles.